The number of benzene rings is 1. The second-order valence-corrected chi connectivity index (χ2v) is 6.14. The number of carbonyl (C=O) groups is 1. The molecule has 0 aliphatic carbocycles. The maximum atomic E-state index is 13.1. The van der Waals surface area contributed by atoms with Crippen LogP contribution in [0.5, 0.6) is 0 Å². The summed E-state index contributed by atoms with van der Waals surface area (Å²) < 4.78 is 14.8. The normalized spacial score (nSPS) is 11.1. The minimum Gasteiger partial charge on any atom is -0.326 e. The van der Waals surface area contributed by atoms with Crippen molar-refractivity contribution >= 4 is 17.4 Å². The van der Waals surface area contributed by atoms with E-state index in [1.807, 2.05) is 20.8 Å². The first-order valence-corrected chi connectivity index (χ1v) is 8.10. The van der Waals surface area contributed by atoms with Crippen LogP contribution in [0.4, 0.5) is 10.1 Å². The third kappa shape index (κ3) is 3.50. The van der Waals surface area contributed by atoms with Gasteiger partial charge in [-0.2, -0.15) is 10.1 Å². The molecule has 0 fully saturated rings. The van der Waals surface area contributed by atoms with Gasteiger partial charge in [-0.15, -0.1) is 0 Å². The molecule has 6 nitrogen and oxygen atoms in total. The number of nitrogens with one attached hydrogen (secondary N) is 1. The summed E-state index contributed by atoms with van der Waals surface area (Å²) in [4.78, 5) is 21.0. The Hall–Kier alpha value is -2.83. The predicted molar refractivity (Wildman–Crippen MR) is 93.1 cm³/mol. The molecule has 0 unspecified atom stereocenters. The van der Waals surface area contributed by atoms with E-state index in [4.69, 9.17) is 0 Å². The molecule has 0 aliphatic rings. The predicted octanol–water partition coefficient (Wildman–Crippen LogP) is 3.07. The Morgan fingerprint density at radius 3 is 2.68 bits per heavy atom. The zero-order chi connectivity index (χ0) is 18.1. The Labute approximate surface area is 145 Å². The lowest BCUT2D eigenvalue weighted by atomic mass is 10.1. The maximum Gasteiger partial charge on any atom is 0.252 e. The molecule has 0 spiro atoms. The second kappa shape index (κ2) is 6.58. The van der Waals surface area contributed by atoms with E-state index < -0.39 is 0 Å². The number of nitrogens with zero attached hydrogens (tertiary/aromatic N) is 4. The van der Waals surface area contributed by atoms with Crippen molar-refractivity contribution in [2.45, 2.75) is 40.5 Å². The van der Waals surface area contributed by atoms with Gasteiger partial charge in [0.2, 0.25) is 5.91 Å². The van der Waals surface area contributed by atoms with Crippen molar-refractivity contribution in [3.63, 3.8) is 0 Å². The SMILES string of the molecule is Cc1nc2nc(C)c(CCC(=O)Nc3ccc(F)cc3C)c(C)n2n1. The van der Waals surface area contributed by atoms with Crippen LogP contribution in [-0.4, -0.2) is 25.5 Å². The average molecular weight is 341 g/mol. The van der Waals surface area contributed by atoms with E-state index in [1.165, 1.54) is 12.1 Å². The fraction of sp³-hybridized carbons (Fsp3) is 0.333. The number of fused-ring (bicyclic) bond motifs is 1. The Kier molecular flexibility index (Phi) is 4.48. The molecule has 1 aromatic carbocycles. The zero-order valence-electron chi connectivity index (χ0n) is 14.7. The van der Waals surface area contributed by atoms with E-state index in [1.54, 1.807) is 17.5 Å². The van der Waals surface area contributed by atoms with Crippen molar-refractivity contribution in [3.05, 3.63) is 52.4 Å². The van der Waals surface area contributed by atoms with E-state index >= 15 is 0 Å². The summed E-state index contributed by atoms with van der Waals surface area (Å²) >= 11 is 0. The second-order valence-electron chi connectivity index (χ2n) is 6.14. The summed E-state index contributed by atoms with van der Waals surface area (Å²) in [6.45, 7) is 7.45. The molecule has 2 aromatic heterocycles. The van der Waals surface area contributed by atoms with Crippen molar-refractivity contribution in [3.8, 4) is 0 Å². The average Bonchev–Trinajstić information content (AvgIpc) is 2.90. The molecule has 130 valence electrons. The van der Waals surface area contributed by atoms with Gasteiger partial charge in [0.1, 0.15) is 11.6 Å². The Morgan fingerprint density at radius 1 is 1.20 bits per heavy atom. The molecule has 0 radical (unpaired) electrons. The van der Waals surface area contributed by atoms with Gasteiger partial charge in [-0.1, -0.05) is 0 Å². The van der Waals surface area contributed by atoms with Gasteiger partial charge in [0.25, 0.3) is 5.78 Å². The van der Waals surface area contributed by atoms with Gasteiger partial charge in [0, 0.05) is 23.5 Å². The first-order valence-electron chi connectivity index (χ1n) is 8.10. The molecule has 2 heterocycles. The number of rotatable bonds is 4. The van der Waals surface area contributed by atoms with Crippen LogP contribution < -0.4 is 5.32 Å². The van der Waals surface area contributed by atoms with Gasteiger partial charge in [0.15, 0.2) is 0 Å². The molecule has 3 aromatic rings. The van der Waals surface area contributed by atoms with Gasteiger partial charge in [-0.25, -0.2) is 13.9 Å². The van der Waals surface area contributed by atoms with E-state index in [0.29, 0.717) is 35.7 Å². The van der Waals surface area contributed by atoms with Crippen LogP contribution in [0.25, 0.3) is 5.78 Å². The highest BCUT2D eigenvalue weighted by molar-refractivity contribution is 5.91. The van der Waals surface area contributed by atoms with E-state index in [2.05, 4.69) is 20.4 Å². The minimum atomic E-state index is -0.316. The molecule has 3 rings (SSSR count). The summed E-state index contributed by atoms with van der Waals surface area (Å²) in [5, 5.41) is 7.16. The fourth-order valence-electron chi connectivity index (χ4n) is 2.89. The Morgan fingerprint density at radius 2 is 1.96 bits per heavy atom. The number of aryl methyl sites for hydroxylation is 4. The third-order valence-corrected chi connectivity index (χ3v) is 4.22. The van der Waals surface area contributed by atoms with E-state index in [0.717, 1.165) is 17.0 Å². The molecule has 25 heavy (non-hydrogen) atoms. The van der Waals surface area contributed by atoms with Crippen molar-refractivity contribution in [2.75, 3.05) is 5.32 Å². The zero-order valence-corrected chi connectivity index (χ0v) is 14.7. The topological polar surface area (TPSA) is 72.2 Å². The number of hydrogen-bond acceptors (Lipinski definition) is 4. The van der Waals surface area contributed by atoms with Crippen molar-refractivity contribution in [2.24, 2.45) is 0 Å². The molecular weight excluding hydrogens is 321 g/mol. The number of aromatic nitrogens is 4. The quantitative estimate of drug-likeness (QED) is 0.791. The number of amides is 1. The van der Waals surface area contributed by atoms with Crippen LogP contribution in [0, 0.1) is 33.5 Å². The van der Waals surface area contributed by atoms with Crippen LogP contribution in [0.2, 0.25) is 0 Å². The van der Waals surface area contributed by atoms with Crippen LogP contribution in [0.1, 0.15) is 34.8 Å². The number of anilines is 1. The summed E-state index contributed by atoms with van der Waals surface area (Å²) in [5.41, 5.74) is 4.10. The molecule has 1 amide bonds. The highest BCUT2D eigenvalue weighted by Gasteiger charge is 2.14. The fourth-order valence-corrected chi connectivity index (χ4v) is 2.89. The van der Waals surface area contributed by atoms with Crippen LogP contribution in [0.15, 0.2) is 18.2 Å². The monoisotopic (exact) mass is 341 g/mol. The van der Waals surface area contributed by atoms with Gasteiger partial charge < -0.3 is 5.32 Å². The first kappa shape index (κ1) is 17.0. The smallest absolute Gasteiger partial charge is 0.252 e. The minimum absolute atomic E-state index is 0.122. The third-order valence-electron chi connectivity index (χ3n) is 4.22. The van der Waals surface area contributed by atoms with E-state index in [-0.39, 0.29) is 11.7 Å². The number of hydrogen-bond donors (Lipinski definition) is 1. The molecule has 0 saturated carbocycles. The van der Waals surface area contributed by atoms with Gasteiger partial charge in [-0.3, -0.25) is 4.79 Å². The van der Waals surface area contributed by atoms with E-state index in [9.17, 15) is 9.18 Å². The lowest BCUT2D eigenvalue weighted by molar-refractivity contribution is -0.116. The molecule has 7 heteroatoms. The first-order chi connectivity index (χ1) is 11.8. The van der Waals surface area contributed by atoms with Gasteiger partial charge >= 0.3 is 0 Å². The number of halogens is 1. The van der Waals surface area contributed by atoms with Crippen molar-refractivity contribution < 1.29 is 9.18 Å². The molecule has 0 aliphatic heterocycles. The summed E-state index contributed by atoms with van der Waals surface area (Å²) in [6, 6.07) is 4.31. The molecule has 0 saturated heterocycles. The molecule has 0 bridgehead atoms. The Balaban J connectivity index is 1.74. The largest absolute Gasteiger partial charge is 0.326 e. The number of carbonyl (C=O) groups excluding carboxylic acids is 1. The van der Waals surface area contributed by atoms with Crippen LogP contribution in [-0.2, 0) is 11.2 Å². The van der Waals surface area contributed by atoms with Gasteiger partial charge in [-0.05, 0) is 63.4 Å². The molecular formula is C18H20FN5O. The lowest BCUT2D eigenvalue weighted by Crippen LogP contribution is -2.15. The van der Waals surface area contributed by atoms with Crippen molar-refractivity contribution in [1.29, 1.82) is 0 Å². The molecule has 1 N–H and O–H groups in total. The van der Waals surface area contributed by atoms with Crippen molar-refractivity contribution in [1.82, 2.24) is 19.6 Å². The van der Waals surface area contributed by atoms with Crippen LogP contribution in [0.3, 0.4) is 0 Å². The van der Waals surface area contributed by atoms with Crippen LogP contribution >= 0.6 is 0 Å². The summed E-state index contributed by atoms with van der Waals surface area (Å²) in [7, 11) is 0. The summed E-state index contributed by atoms with van der Waals surface area (Å²) in [6.07, 6.45) is 0.852. The highest BCUT2D eigenvalue weighted by atomic mass is 19.1. The van der Waals surface area contributed by atoms with Gasteiger partial charge in [0.05, 0.1) is 0 Å². The standard InChI is InChI=1S/C18H20FN5O/c1-10-9-14(19)5-7-16(10)22-17(25)8-6-15-11(2)20-18-21-13(4)23-24(18)12(15)3/h5,7,9H,6,8H2,1-4H3,(H,22,25). The Bertz CT molecular complexity index is 964. The summed E-state index contributed by atoms with van der Waals surface area (Å²) in [5.74, 6) is 0.798. The highest BCUT2D eigenvalue weighted by Crippen LogP contribution is 2.18. The lowest BCUT2D eigenvalue weighted by Gasteiger charge is -2.11. The maximum absolute atomic E-state index is 13.1. The molecule has 0 atom stereocenters.